The molecule has 0 atom stereocenters. The van der Waals surface area contributed by atoms with Gasteiger partial charge in [-0.05, 0) is 19.8 Å². The Labute approximate surface area is 96.9 Å². The molecule has 0 spiro atoms. The van der Waals surface area contributed by atoms with Crippen LogP contribution in [0.4, 0.5) is 0 Å². The van der Waals surface area contributed by atoms with Gasteiger partial charge in [0.1, 0.15) is 6.54 Å². The van der Waals surface area contributed by atoms with E-state index in [1.807, 2.05) is 20.8 Å². The monoisotopic (exact) mass is 227 g/mol. The van der Waals surface area contributed by atoms with Gasteiger partial charge in [-0.2, -0.15) is 0 Å². The van der Waals surface area contributed by atoms with Gasteiger partial charge in [-0.15, -0.1) is 0 Å². The van der Waals surface area contributed by atoms with Gasteiger partial charge in [-0.25, -0.2) is 0 Å². The van der Waals surface area contributed by atoms with Gasteiger partial charge in [-0.3, -0.25) is 9.59 Å². The van der Waals surface area contributed by atoms with E-state index in [2.05, 4.69) is 0 Å². The summed E-state index contributed by atoms with van der Waals surface area (Å²) >= 11 is 0. The molecule has 1 saturated carbocycles. The van der Waals surface area contributed by atoms with E-state index >= 15 is 0 Å². The van der Waals surface area contributed by atoms with Crippen molar-refractivity contribution in [1.82, 2.24) is 4.90 Å². The van der Waals surface area contributed by atoms with Crippen LogP contribution < -0.4 is 0 Å². The summed E-state index contributed by atoms with van der Waals surface area (Å²) in [4.78, 5) is 25.2. The second-order valence-electron chi connectivity index (χ2n) is 5.22. The molecule has 16 heavy (non-hydrogen) atoms. The summed E-state index contributed by atoms with van der Waals surface area (Å²) in [5, 5.41) is 0. The van der Waals surface area contributed by atoms with Crippen LogP contribution in [0.15, 0.2) is 0 Å². The first-order chi connectivity index (χ1) is 7.36. The second kappa shape index (κ2) is 4.85. The third kappa shape index (κ3) is 3.51. The second-order valence-corrected chi connectivity index (χ2v) is 5.22. The van der Waals surface area contributed by atoms with Gasteiger partial charge in [0.2, 0.25) is 5.91 Å². The molecule has 1 amide bonds. The van der Waals surface area contributed by atoms with Crippen molar-refractivity contribution < 1.29 is 14.3 Å². The van der Waals surface area contributed by atoms with Crippen molar-refractivity contribution in [3.63, 3.8) is 0 Å². The predicted molar refractivity (Wildman–Crippen MR) is 60.8 cm³/mol. The van der Waals surface area contributed by atoms with Gasteiger partial charge in [0, 0.05) is 11.5 Å². The maximum Gasteiger partial charge on any atom is 0.325 e. The van der Waals surface area contributed by atoms with Crippen molar-refractivity contribution in [2.45, 2.75) is 46.6 Å². The highest BCUT2D eigenvalue weighted by molar-refractivity contribution is 5.86. The van der Waals surface area contributed by atoms with Crippen LogP contribution in [0.2, 0.25) is 0 Å². The van der Waals surface area contributed by atoms with E-state index in [0.717, 1.165) is 12.8 Å². The maximum atomic E-state index is 12.1. The summed E-state index contributed by atoms with van der Waals surface area (Å²) in [5.74, 6) is -0.282. The minimum Gasteiger partial charge on any atom is -0.465 e. The Morgan fingerprint density at radius 3 is 2.25 bits per heavy atom. The minimum absolute atomic E-state index is 0.0306. The Morgan fingerprint density at radius 1 is 1.31 bits per heavy atom. The molecule has 4 nitrogen and oxygen atoms in total. The first-order valence-electron chi connectivity index (χ1n) is 5.83. The quantitative estimate of drug-likeness (QED) is 0.685. The predicted octanol–water partition coefficient (Wildman–Crippen LogP) is 1.59. The van der Waals surface area contributed by atoms with E-state index in [4.69, 9.17) is 4.74 Å². The molecule has 0 saturated heterocycles. The molecule has 92 valence electrons. The van der Waals surface area contributed by atoms with Crippen molar-refractivity contribution in [1.29, 1.82) is 0 Å². The lowest BCUT2D eigenvalue weighted by molar-refractivity contribution is -0.152. The molecular formula is C12H21NO3. The maximum absolute atomic E-state index is 12.1. The largest absolute Gasteiger partial charge is 0.465 e. The molecule has 0 aliphatic heterocycles. The lowest BCUT2D eigenvalue weighted by atomic mass is 9.94. The third-order valence-electron chi connectivity index (χ3n) is 2.49. The Balaban J connectivity index is 2.61. The Bertz CT molecular complexity index is 276. The average molecular weight is 227 g/mol. The Kier molecular flexibility index (Phi) is 3.94. The molecule has 0 unspecified atom stereocenters. The lowest BCUT2D eigenvalue weighted by Crippen LogP contribution is -2.44. The zero-order chi connectivity index (χ0) is 12.3. The van der Waals surface area contributed by atoms with E-state index in [1.165, 1.54) is 0 Å². The van der Waals surface area contributed by atoms with Gasteiger partial charge >= 0.3 is 5.97 Å². The topological polar surface area (TPSA) is 46.6 Å². The summed E-state index contributed by atoms with van der Waals surface area (Å²) in [6.07, 6.45) is 2.00. The molecule has 0 aromatic heterocycles. The van der Waals surface area contributed by atoms with Crippen LogP contribution >= 0.6 is 0 Å². The summed E-state index contributed by atoms with van der Waals surface area (Å²) < 4.78 is 4.88. The van der Waals surface area contributed by atoms with E-state index < -0.39 is 5.41 Å². The molecule has 1 fully saturated rings. The van der Waals surface area contributed by atoms with Crippen molar-refractivity contribution in [2.24, 2.45) is 5.41 Å². The number of ether oxygens (including phenoxy) is 1. The molecule has 0 N–H and O–H groups in total. The molecule has 1 rings (SSSR count). The van der Waals surface area contributed by atoms with Crippen LogP contribution in [0, 0.1) is 5.41 Å². The first kappa shape index (κ1) is 13.0. The number of nitrogens with zero attached hydrogens (tertiary/aromatic N) is 1. The number of esters is 1. The van der Waals surface area contributed by atoms with Crippen LogP contribution in [-0.2, 0) is 14.3 Å². The first-order valence-corrected chi connectivity index (χ1v) is 5.83. The molecule has 0 radical (unpaired) electrons. The number of hydrogen-bond acceptors (Lipinski definition) is 3. The van der Waals surface area contributed by atoms with E-state index in [1.54, 1.807) is 11.8 Å². The normalized spacial score (nSPS) is 15.8. The molecular weight excluding hydrogens is 206 g/mol. The standard InChI is InChI=1S/C12H21NO3/c1-5-16-10(14)8-13(9-6-7-9)11(15)12(2,3)4/h9H,5-8H2,1-4H3. The molecule has 0 heterocycles. The summed E-state index contributed by atoms with van der Waals surface area (Å²) in [7, 11) is 0. The summed E-state index contributed by atoms with van der Waals surface area (Å²) in [5.41, 5.74) is -0.435. The number of rotatable bonds is 4. The minimum atomic E-state index is -0.435. The Hall–Kier alpha value is -1.06. The summed E-state index contributed by atoms with van der Waals surface area (Å²) in [6, 6.07) is 0.246. The average Bonchev–Trinajstić information content (AvgIpc) is 2.95. The highest BCUT2D eigenvalue weighted by Crippen LogP contribution is 2.30. The van der Waals surface area contributed by atoms with Gasteiger partial charge in [-0.1, -0.05) is 20.8 Å². The Morgan fingerprint density at radius 2 is 1.88 bits per heavy atom. The van der Waals surface area contributed by atoms with Crippen molar-refractivity contribution in [3.05, 3.63) is 0 Å². The lowest BCUT2D eigenvalue weighted by Gasteiger charge is -2.28. The van der Waals surface area contributed by atoms with Crippen LogP contribution in [0.1, 0.15) is 40.5 Å². The van der Waals surface area contributed by atoms with E-state index in [-0.39, 0.29) is 24.5 Å². The molecule has 1 aliphatic rings. The van der Waals surface area contributed by atoms with Gasteiger partial charge in [0.05, 0.1) is 6.61 Å². The SMILES string of the molecule is CCOC(=O)CN(C(=O)C(C)(C)C)C1CC1. The highest BCUT2D eigenvalue weighted by atomic mass is 16.5. The number of amides is 1. The van der Waals surface area contributed by atoms with Crippen LogP contribution in [-0.4, -0.2) is 36.0 Å². The smallest absolute Gasteiger partial charge is 0.325 e. The van der Waals surface area contributed by atoms with Gasteiger partial charge < -0.3 is 9.64 Å². The van der Waals surface area contributed by atoms with Crippen molar-refractivity contribution >= 4 is 11.9 Å². The highest BCUT2D eigenvalue weighted by Gasteiger charge is 2.38. The third-order valence-corrected chi connectivity index (χ3v) is 2.49. The fourth-order valence-corrected chi connectivity index (χ4v) is 1.53. The number of hydrogen-bond donors (Lipinski definition) is 0. The van der Waals surface area contributed by atoms with E-state index in [9.17, 15) is 9.59 Å². The molecule has 0 aromatic rings. The molecule has 4 heteroatoms. The zero-order valence-corrected chi connectivity index (χ0v) is 10.6. The fraction of sp³-hybridized carbons (Fsp3) is 0.833. The van der Waals surface area contributed by atoms with Crippen LogP contribution in [0.5, 0.6) is 0 Å². The van der Waals surface area contributed by atoms with Crippen molar-refractivity contribution in [3.8, 4) is 0 Å². The molecule has 1 aliphatic carbocycles. The van der Waals surface area contributed by atoms with Gasteiger partial charge in [0.15, 0.2) is 0 Å². The fourth-order valence-electron chi connectivity index (χ4n) is 1.53. The van der Waals surface area contributed by atoms with Crippen molar-refractivity contribution in [2.75, 3.05) is 13.2 Å². The van der Waals surface area contributed by atoms with E-state index in [0.29, 0.717) is 6.61 Å². The summed E-state index contributed by atoms with van der Waals surface area (Å²) in [6.45, 7) is 7.84. The number of carbonyl (C=O) groups excluding carboxylic acids is 2. The van der Waals surface area contributed by atoms with Gasteiger partial charge in [0.25, 0.3) is 0 Å². The molecule has 0 bridgehead atoms. The number of carbonyl (C=O) groups is 2. The van der Waals surface area contributed by atoms with Crippen LogP contribution in [0.3, 0.4) is 0 Å². The van der Waals surface area contributed by atoms with Crippen LogP contribution in [0.25, 0.3) is 0 Å². The molecule has 0 aromatic carbocycles. The zero-order valence-electron chi connectivity index (χ0n) is 10.6.